The number of nitriles is 1. The molecule has 2 aromatic rings. The van der Waals surface area contributed by atoms with Crippen LogP contribution in [0.3, 0.4) is 0 Å². The number of fused-ring (bicyclic) bond motifs is 1. The first-order valence-electron chi connectivity index (χ1n) is 12.3. The molecule has 2 N–H and O–H groups in total. The van der Waals surface area contributed by atoms with Crippen LogP contribution in [0.4, 0.5) is 14.9 Å². The molecule has 3 aliphatic rings. The normalized spacial score (nSPS) is 27.7. The second kappa shape index (κ2) is 9.77. The summed E-state index contributed by atoms with van der Waals surface area (Å²) in [5, 5.41) is 22.1. The minimum Gasteiger partial charge on any atom is -0.392 e. The van der Waals surface area contributed by atoms with E-state index in [-0.39, 0.29) is 28.6 Å². The Labute approximate surface area is 210 Å². The van der Waals surface area contributed by atoms with Crippen LogP contribution in [0.15, 0.2) is 42.5 Å². The summed E-state index contributed by atoms with van der Waals surface area (Å²) in [6.07, 6.45) is 4.32. The van der Waals surface area contributed by atoms with Crippen LogP contribution < -0.4 is 5.32 Å². The molecule has 1 aliphatic heterocycles. The fourth-order valence-electron chi connectivity index (χ4n) is 6.03. The number of likely N-dealkylation sites (tertiary alicyclic amines) is 1. The van der Waals surface area contributed by atoms with Gasteiger partial charge in [-0.1, -0.05) is 23.7 Å². The highest BCUT2D eigenvalue weighted by atomic mass is 35.5. The molecule has 1 saturated heterocycles. The average molecular weight is 497 g/mol. The van der Waals surface area contributed by atoms with Gasteiger partial charge >= 0.3 is 6.03 Å². The summed E-state index contributed by atoms with van der Waals surface area (Å²) >= 11 is 5.92. The molecule has 4 atom stereocenters. The van der Waals surface area contributed by atoms with Crippen molar-refractivity contribution in [2.24, 2.45) is 5.92 Å². The molecule has 2 amide bonds. The van der Waals surface area contributed by atoms with Gasteiger partial charge in [0, 0.05) is 37.9 Å². The molecule has 0 aromatic heterocycles. The Morgan fingerprint density at radius 2 is 2.17 bits per heavy atom. The maximum atomic E-state index is 13.6. The lowest BCUT2D eigenvalue weighted by molar-refractivity contribution is 0.142. The third kappa shape index (κ3) is 5.02. The van der Waals surface area contributed by atoms with E-state index in [9.17, 15) is 19.6 Å². The first kappa shape index (κ1) is 24.1. The second-order valence-electron chi connectivity index (χ2n) is 10.2. The molecular weight excluding hydrogens is 467 g/mol. The van der Waals surface area contributed by atoms with Crippen LogP contribution in [0, 0.1) is 23.1 Å². The number of β-amino-alcohol motifs (C(OH)–C–C–N with tert-alkyl or cyclic N) is 1. The molecule has 184 valence electrons. The van der Waals surface area contributed by atoms with Crippen molar-refractivity contribution in [2.45, 2.75) is 49.7 Å². The molecule has 1 heterocycles. The number of aliphatic hydroxyl groups excluding tert-OH is 1. The smallest absolute Gasteiger partial charge is 0.322 e. The molecule has 8 heteroatoms. The van der Waals surface area contributed by atoms with Crippen molar-refractivity contribution in [3.05, 3.63) is 64.4 Å². The number of carbonyl (C=O) groups excluding carboxylic acids is 1. The summed E-state index contributed by atoms with van der Waals surface area (Å²) in [5.74, 6) is -0.0358. The molecule has 35 heavy (non-hydrogen) atoms. The topological polar surface area (TPSA) is 79.6 Å². The number of nitrogens with zero attached hydrogens (tertiary/aromatic N) is 3. The molecule has 6 nitrogen and oxygen atoms in total. The van der Waals surface area contributed by atoms with Gasteiger partial charge < -0.3 is 15.3 Å². The molecule has 3 fully saturated rings. The number of halogens is 2. The Morgan fingerprint density at radius 3 is 2.89 bits per heavy atom. The van der Waals surface area contributed by atoms with E-state index in [4.69, 9.17) is 11.6 Å². The molecule has 2 saturated carbocycles. The van der Waals surface area contributed by atoms with Crippen LogP contribution in [0.5, 0.6) is 0 Å². The lowest BCUT2D eigenvalue weighted by atomic mass is 9.80. The van der Waals surface area contributed by atoms with Gasteiger partial charge in [0.1, 0.15) is 5.82 Å². The van der Waals surface area contributed by atoms with Gasteiger partial charge in [0.15, 0.2) is 0 Å². The molecule has 0 bridgehead atoms. The van der Waals surface area contributed by atoms with Crippen molar-refractivity contribution >= 4 is 23.3 Å². The first-order valence-corrected chi connectivity index (χ1v) is 12.7. The van der Waals surface area contributed by atoms with Gasteiger partial charge in [0.05, 0.1) is 22.8 Å². The summed E-state index contributed by atoms with van der Waals surface area (Å²) in [5.41, 5.74) is 2.52. The SMILES string of the molecule is N#Cc1cccc([C@]23CC[C@@H](N(CCN4CC[C@@H](O)C4)C(=O)Nc4ccc(F)c(Cl)c4)C[C@H]2C3)c1. The van der Waals surface area contributed by atoms with Crippen molar-refractivity contribution < 1.29 is 14.3 Å². The molecule has 0 spiro atoms. The third-order valence-corrected chi connectivity index (χ3v) is 8.35. The van der Waals surface area contributed by atoms with Crippen molar-refractivity contribution in [1.29, 1.82) is 5.26 Å². The van der Waals surface area contributed by atoms with Gasteiger partial charge in [0.25, 0.3) is 0 Å². The highest BCUT2D eigenvalue weighted by Gasteiger charge is 2.58. The first-order chi connectivity index (χ1) is 16.9. The number of amides is 2. The predicted octanol–water partition coefficient (Wildman–Crippen LogP) is 4.76. The van der Waals surface area contributed by atoms with Gasteiger partial charge in [-0.05, 0) is 79.3 Å². The number of carbonyl (C=O) groups is 1. The second-order valence-corrected chi connectivity index (χ2v) is 10.6. The van der Waals surface area contributed by atoms with E-state index in [0.29, 0.717) is 36.8 Å². The zero-order valence-corrected chi connectivity index (χ0v) is 20.3. The molecule has 0 unspecified atom stereocenters. The number of urea groups is 1. The molecule has 5 rings (SSSR count). The maximum Gasteiger partial charge on any atom is 0.322 e. The van der Waals surface area contributed by atoms with Crippen LogP contribution in [-0.4, -0.2) is 59.3 Å². The summed E-state index contributed by atoms with van der Waals surface area (Å²) in [4.78, 5) is 17.5. The Morgan fingerprint density at radius 1 is 1.31 bits per heavy atom. The Bertz CT molecular complexity index is 1150. The third-order valence-electron chi connectivity index (χ3n) is 8.06. The number of rotatable bonds is 6. The number of benzene rings is 2. The van der Waals surface area contributed by atoms with E-state index < -0.39 is 5.82 Å². The fourth-order valence-corrected chi connectivity index (χ4v) is 6.21. The minimum atomic E-state index is -0.521. The maximum absolute atomic E-state index is 13.6. The minimum absolute atomic E-state index is 0.0274. The van der Waals surface area contributed by atoms with E-state index in [1.54, 1.807) is 0 Å². The summed E-state index contributed by atoms with van der Waals surface area (Å²) in [6.45, 7) is 2.72. The molecule has 0 radical (unpaired) electrons. The Balaban J connectivity index is 1.29. The van der Waals surface area contributed by atoms with Gasteiger partial charge in [-0.3, -0.25) is 4.90 Å². The van der Waals surface area contributed by atoms with Crippen molar-refractivity contribution in [2.75, 3.05) is 31.5 Å². The Hall–Kier alpha value is -2.66. The lowest BCUT2D eigenvalue weighted by Gasteiger charge is -2.37. The van der Waals surface area contributed by atoms with Crippen LogP contribution in [-0.2, 0) is 5.41 Å². The highest BCUT2D eigenvalue weighted by Crippen LogP contribution is 2.62. The van der Waals surface area contributed by atoms with E-state index in [0.717, 1.165) is 38.6 Å². The van der Waals surface area contributed by atoms with Crippen molar-refractivity contribution in [1.82, 2.24) is 9.80 Å². The summed E-state index contributed by atoms with van der Waals surface area (Å²) < 4.78 is 13.6. The number of aliphatic hydroxyl groups is 1. The highest BCUT2D eigenvalue weighted by molar-refractivity contribution is 6.31. The van der Waals surface area contributed by atoms with Gasteiger partial charge in [-0.2, -0.15) is 5.26 Å². The number of anilines is 1. The van der Waals surface area contributed by atoms with Crippen LogP contribution >= 0.6 is 11.6 Å². The number of hydrogen-bond acceptors (Lipinski definition) is 4. The standard InChI is InChI=1S/C27H30ClFN4O2/c28-24-14-21(4-5-25(24)29)31-26(35)33(11-10-32-9-7-23(34)17-32)22-6-8-27(15-20(27)13-22)19-3-1-2-18(12-19)16-30/h1-5,12,14,20,22-23,34H,6-11,13,15,17H2,(H,31,35)/t20-,22+,23+,27+/m0/s1. The van der Waals surface area contributed by atoms with E-state index >= 15 is 0 Å². The summed E-state index contributed by atoms with van der Waals surface area (Å²) in [7, 11) is 0. The van der Waals surface area contributed by atoms with E-state index in [2.05, 4.69) is 22.4 Å². The van der Waals surface area contributed by atoms with E-state index in [1.165, 1.54) is 23.8 Å². The van der Waals surface area contributed by atoms with Gasteiger partial charge in [-0.25, -0.2) is 9.18 Å². The number of nitrogens with one attached hydrogen (secondary N) is 1. The zero-order chi connectivity index (χ0) is 24.6. The largest absolute Gasteiger partial charge is 0.392 e. The van der Waals surface area contributed by atoms with Crippen molar-refractivity contribution in [3.8, 4) is 6.07 Å². The number of hydrogen-bond donors (Lipinski definition) is 2. The van der Waals surface area contributed by atoms with Crippen LogP contribution in [0.2, 0.25) is 5.02 Å². The molecular formula is C27H30ClFN4O2. The van der Waals surface area contributed by atoms with Gasteiger partial charge in [-0.15, -0.1) is 0 Å². The fraction of sp³-hybridized carbons (Fsp3) is 0.481. The lowest BCUT2D eigenvalue weighted by Crippen LogP contribution is -2.48. The van der Waals surface area contributed by atoms with Crippen LogP contribution in [0.1, 0.15) is 43.2 Å². The Kier molecular flexibility index (Phi) is 6.71. The zero-order valence-electron chi connectivity index (χ0n) is 19.6. The quantitative estimate of drug-likeness (QED) is 0.604. The predicted molar refractivity (Wildman–Crippen MR) is 133 cm³/mol. The average Bonchev–Trinajstić information content (AvgIpc) is 3.46. The molecule has 2 aliphatic carbocycles. The van der Waals surface area contributed by atoms with Gasteiger partial charge in [0.2, 0.25) is 0 Å². The molecule has 2 aromatic carbocycles. The summed E-state index contributed by atoms with van der Waals surface area (Å²) in [6, 6.07) is 14.3. The monoisotopic (exact) mass is 496 g/mol. The van der Waals surface area contributed by atoms with Crippen molar-refractivity contribution in [3.63, 3.8) is 0 Å². The van der Waals surface area contributed by atoms with Crippen LogP contribution in [0.25, 0.3) is 0 Å². The van der Waals surface area contributed by atoms with E-state index in [1.807, 2.05) is 23.1 Å².